The van der Waals surface area contributed by atoms with Gasteiger partial charge >= 0.3 is 5.97 Å². The van der Waals surface area contributed by atoms with Crippen LogP contribution in [0.25, 0.3) is 11.1 Å². The van der Waals surface area contributed by atoms with E-state index in [0.717, 1.165) is 11.1 Å². The van der Waals surface area contributed by atoms with Gasteiger partial charge in [-0.15, -0.1) is 0 Å². The highest BCUT2D eigenvalue weighted by molar-refractivity contribution is 6.36. The predicted octanol–water partition coefficient (Wildman–Crippen LogP) is 3.89. The Hall–Kier alpha value is -1.87. The fourth-order valence-electron chi connectivity index (χ4n) is 1.84. The topological polar surface area (TPSA) is 39.2 Å². The van der Waals surface area contributed by atoms with E-state index in [1.807, 2.05) is 30.3 Å². The molecule has 2 aromatic rings. The van der Waals surface area contributed by atoms with E-state index in [2.05, 4.69) is 4.98 Å². The molecule has 0 aliphatic carbocycles. The molecule has 98 valence electrons. The Morgan fingerprint density at radius 3 is 2.63 bits per heavy atom. The Balaban J connectivity index is 2.55. The molecule has 0 atom stereocenters. The van der Waals surface area contributed by atoms with E-state index in [-0.39, 0.29) is 0 Å². The van der Waals surface area contributed by atoms with Crippen molar-refractivity contribution in [2.45, 2.75) is 13.8 Å². The van der Waals surface area contributed by atoms with E-state index in [4.69, 9.17) is 16.3 Å². The molecule has 0 aliphatic rings. The number of hydrogen-bond donors (Lipinski definition) is 0. The summed E-state index contributed by atoms with van der Waals surface area (Å²) < 4.78 is 5.02. The number of ether oxygens (including phenoxy) is 1. The molecule has 0 bridgehead atoms. The molecule has 0 N–H and O–H groups in total. The van der Waals surface area contributed by atoms with Gasteiger partial charge < -0.3 is 4.74 Å². The molecule has 3 nitrogen and oxygen atoms in total. The van der Waals surface area contributed by atoms with Gasteiger partial charge in [0.15, 0.2) is 0 Å². The Bertz CT molecular complexity index is 597. The smallest absolute Gasteiger partial charge is 0.341 e. The van der Waals surface area contributed by atoms with Gasteiger partial charge in [-0.2, -0.15) is 0 Å². The van der Waals surface area contributed by atoms with E-state index >= 15 is 0 Å². The summed E-state index contributed by atoms with van der Waals surface area (Å²) in [6.07, 6.45) is 1.68. The van der Waals surface area contributed by atoms with Gasteiger partial charge in [-0.3, -0.25) is 4.98 Å². The number of rotatable bonds is 3. The summed E-state index contributed by atoms with van der Waals surface area (Å²) in [7, 11) is 0. The zero-order valence-electron chi connectivity index (χ0n) is 10.8. The standard InChI is InChI=1S/C15H14ClNO2/c1-3-19-15(18)13-10(2)17-9-12(14(13)16)11-7-5-4-6-8-11/h4-9H,3H2,1-2H3. The molecule has 0 unspecified atom stereocenters. The molecule has 0 saturated heterocycles. The molecule has 1 aromatic heterocycles. The highest BCUT2D eigenvalue weighted by atomic mass is 35.5. The SMILES string of the molecule is CCOC(=O)c1c(C)ncc(-c2ccccc2)c1Cl. The quantitative estimate of drug-likeness (QED) is 0.798. The van der Waals surface area contributed by atoms with Gasteiger partial charge in [0.25, 0.3) is 0 Å². The average molecular weight is 276 g/mol. The van der Waals surface area contributed by atoms with Gasteiger partial charge in [-0.1, -0.05) is 41.9 Å². The van der Waals surface area contributed by atoms with Crippen molar-refractivity contribution in [1.82, 2.24) is 4.98 Å². The van der Waals surface area contributed by atoms with Crippen LogP contribution in [-0.4, -0.2) is 17.6 Å². The van der Waals surface area contributed by atoms with Crippen LogP contribution >= 0.6 is 11.6 Å². The number of benzene rings is 1. The van der Waals surface area contributed by atoms with Crippen molar-refractivity contribution in [2.24, 2.45) is 0 Å². The van der Waals surface area contributed by atoms with Crippen LogP contribution in [-0.2, 0) is 4.74 Å². The fourth-order valence-corrected chi connectivity index (χ4v) is 2.21. The summed E-state index contributed by atoms with van der Waals surface area (Å²) in [6.45, 7) is 3.81. The zero-order chi connectivity index (χ0) is 13.8. The Morgan fingerprint density at radius 2 is 2.00 bits per heavy atom. The highest BCUT2D eigenvalue weighted by Gasteiger charge is 2.19. The average Bonchev–Trinajstić information content (AvgIpc) is 2.40. The molecule has 1 heterocycles. The highest BCUT2D eigenvalue weighted by Crippen LogP contribution is 2.31. The molecule has 0 fully saturated rings. The molecule has 0 spiro atoms. The van der Waals surface area contributed by atoms with Gasteiger partial charge in [-0.05, 0) is 19.4 Å². The number of carbonyl (C=O) groups is 1. The van der Waals surface area contributed by atoms with Gasteiger partial charge in [0.05, 0.1) is 17.3 Å². The maximum Gasteiger partial charge on any atom is 0.341 e. The minimum absolute atomic E-state index is 0.310. The number of nitrogens with zero attached hydrogens (tertiary/aromatic N) is 1. The normalized spacial score (nSPS) is 10.3. The molecular formula is C15H14ClNO2. The van der Waals surface area contributed by atoms with Crippen LogP contribution in [0.2, 0.25) is 5.02 Å². The molecule has 19 heavy (non-hydrogen) atoms. The second-order valence-electron chi connectivity index (χ2n) is 4.03. The van der Waals surface area contributed by atoms with Crippen molar-refractivity contribution in [2.75, 3.05) is 6.61 Å². The van der Waals surface area contributed by atoms with Crippen LogP contribution in [0.4, 0.5) is 0 Å². The van der Waals surface area contributed by atoms with Gasteiger partial charge in [-0.25, -0.2) is 4.79 Å². The van der Waals surface area contributed by atoms with Crippen molar-refractivity contribution in [1.29, 1.82) is 0 Å². The first-order valence-electron chi connectivity index (χ1n) is 6.02. The van der Waals surface area contributed by atoms with Crippen molar-refractivity contribution in [3.8, 4) is 11.1 Å². The number of aryl methyl sites for hydroxylation is 1. The monoisotopic (exact) mass is 275 g/mol. The number of carbonyl (C=O) groups excluding carboxylic acids is 1. The number of esters is 1. The minimum Gasteiger partial charge on any atom is -0.462 e. The van der Waals surface area contributed by atoms with E-state index in [1.54, 1.807) is 20.0 Å². The Kier molecular flexibility index (Phi) is 4.17. The van der Waals surface area contributed by atoms with Crippen molar-refractivity contribution < 1.29 is 9.53 Å². The van der Waals surface area contributed by atoms with Crippen LogP contribution < -0.4 is 0 Å². The summed E-state index contributed by atoms with van der Waals surface area (Å²) in [4.78, 5) is 16.2. The third kappa shape index (κ3) is 2.76. The van der Waals surface area contributed by atoms with E-state index in [0.29, 0.717) is 22.9 Å². The first kappa shape index (κ1) is 13.6. The van der Waals surface area contributed by atoms with Crippen molar-refractivity contribution >= 4 is 17.6 Å². The lowest BCUT2D eigenvalue weighted by atomic mass is 10.0. The van der Waals surface area contributed by atoms with Crippen molar-refractivity contribution in [3.63, 3.8) is 0 Å². The Morgan fingerprint density at radius 1 is 1.32 bits per heavy atom. The van der Waals surface area contributed by atoms with E-state index < -0.39 is 5.97 Å². The summed E-state index contributed by atoms with van der Waals surface area (Å²) in [6, 6.07) is 9.59. The first-order chi connectivity index (χ1) is 9.15. The van der Waals surface area contributed by atoms with Crippen LogP contribution in [0.1, 0.15) is 23.0 Å². The number of hydrogen-bond acceptors (Lipinski definition) is 3. The maximum atomic E-state index is 11.9. The zero-order valence-corrected chi connectivity index (χ0v) is 11.6. The number of pyridine rings is 1. The lowest BCUT2D eigenvalue weighted by molar-refractivity contribution is 0.0525. The molecule has 0 radical (unpaired) electrons. The second kappa shape index (κ2) is 5.85. The summed E-state index contributed by atoms with van der Waals surface area (Å²) >= 11 is 6.34. The molecule has 0 aliphatic heterocycles. The first-order valence-corrected chi connectivity index (χ1v) is 6.40. The summed E-state index contributed by atoms with van der Waals surface area (Å²) in [5.74, 6) is -0.435. The molecule has 0 amide bonds. The number of halogens is 1. The molecular weight excluding hydrogens is 262 g/mol. The Labute approximate surface area is 117 Å². The maximum absolute atomic E-state index is 11.9. The van der Waals surface area contributed by atoms with Crippen LogP contribution in [0.15, 0.2) is 36.5 Å². The largest absolute Gasteiger partial charge is 0.462 e. The third-order valence-corrected chi connectivity index (χ3v) is 3.16. The third-order valence-electron chi connectivity index (χ3n) is 2.77. The minimum atomic E-state index is -0.435. The van der Waals surface area contributed by atoms with Gasteiger partial charge in [0.2, 0.25) is 0 Å². The van der Waals surface area contributed by atoms with E-state index in [9.17, 15) is 4.79 Å². The number of aromatic nitrogens is 1. The summed E-state index contributed by atoms with van der Waals surface area (Å²) in [5.41, 5.74) is 2.56. The molecule has 1 aromatic carbocycles. The van der Waals surface area contributed by atoms with Crippen LogP contribution in [0.5, 0.6) is 0 Å². The van der Waals surface area contributed by atoms with E-state index in [1.165, 1.54) is 0 Å². The molecule has 4 heteroatoms. The van der Waals surface area contributed by atoms with Crippen LogP contribution in [0, 0.1) is 6.92 Å². The predicted molar refractivity (Wildman–Crippen MR) is 75.4 cm³/mol. The fraction of sp³-hybridized carbons (Fsp3) is 0.200. The molecule has 2 rings (SSSR count). The van der Waals surface area contributed by atoms with Gasteiger partial charge in [0, 0.05) is 11.8 Å². The second-order valence-corrected chi connectivity index (χ2v) is 4.41. The lowest BCUT2D eigenvalue weighted by Gasteiger charge is -2.11. The van der Waals surface area contributed by atoms with Crippen LogP contribution in [0.3, 0.4) is 0 Å². The molecule has 0 saturated carbocycles. The lowest BCUT2D eigenvalue weighted by Crippen LogP contribution is -2.09. The van der Waals surface area contributed by atoms with Gasteiger partial charge in [0.1, 0.15) is 5.56 Å². The summed E-state index contributed by atoms with van der Waals surface area (Å²) in [5, 5.41) is 0.386. The van der Waals surface area contributed by atoms with Crippen molar-refractivity contribution in [3.05, 3.63) is 52.8 Å².